The quantitative estimate of drug-likeness (QED) is 0.788. The molecule has 136 valence electrons. The lowest BCUT2D eigenvalue weighted by Gasteiger charge is -2.21. The van der Waals surface area contributed by atoms with Crippen molar-refractivity contribution in [3.05, 3.63) is 28.7 Å². The summed E-state index contributed by atoms with van der Waals surface area (Å²) in [6.07, 6.45) is 2.86. The number of nitrogens with zero attached hydrogens (tertiary/aromatic N) is 2. The molecule has 0 aliphatic carbocycles. The van der Waals surface area contributed by atoms with E-state index < -0.39 is 0 Å². The number of para-hydroxylation sites is 1. The highest BCUT2D eigenvalue weighted by atomic mass is 79.9. The van der Waals surface area contributed by atoms with Gasteiger partial charge in [0.15, 0.2) is 0 Å². The predicted octanol–water partition coefficient (Wildman–Crippen LogP) is 2.65. The lowest BCUT2D eigenvalue weighted by atomic mass is 10.1. The molecule has 2 aliphatic rings. The van der Waals surface area contributed by atoms with Crippen molar-refractivity contribution in [1.82, 2.24) is 10.2 Å². The van der Waals surface area contributed by atoms with Gasteiger partial charge in [-0.2, -0.15) is 0 Å². The maximum absolute atomic E-state index is 12.5. The average Bonchev–Trinajstić information content (AvgIpc) is 3.23. The van der Waals surface area contributed by atoms with Gasteiger partial charge in [0.2, 0.25) is 11.8 Å². The molecule has 0 spiro atoms. The molecule has 25 heavy (non-hydrogen) atoms. The van der Waals surface area contributed by atoms with Crippen molar-refractivity contribution < 1.29 is 9.59 Å². The molecule has 2 amide bonds. The van der Waals surface area contributed by atoms with Crippen molar-refractivity contribution in [3.8, 4) is 0 Å². The summed E-state index contributed by atoms with van der Waals surface area (Å²) >= 11 is 3.48. The van der Waals surface area contributed by atoms with Gasteiger partial charge in [0.25, 0.3) is 0 Å². The van der Waals surface area contributed by atoms with Crippen LogP contribution < -0.4 is 10.2 Å². The maximum atomic E-state index is 12.5. The van der Waals surface area contributed by atoms with Gasteiger partial charge in [-0.15, -0.1) is 0 Å². The number of carbonyl (C=O) groups excluding carboxylic acids is 2. The molecule has 2 aliphatic heterocycles. The summed E-state index contributed by atoms with van der Waals surface area (Å²) in [4.78, 5) is 29.0. The molecule has 1 aromatic rings. The van der Waals surface area contributed by atoms with Crippen LogP contribution in [0.1, 0.15) is 26.2 Å². The van der Waals surface area contributed by atoms with Gasteiger partial charge >= 0.3 is 0 Å². The molecular formula is C19H26BrN3O2. The standard InChI is InChI=1S/C19H26BrN3O2/c1-14(12-22-8-4-5-9-22)11-21-19(25)15-10-18(24)23(13-15)17-7-3-2-6-16(17)20/h2-3,6-7,14-15H,4-5,8-13H2,1H3,(H,21,25). The lowest BCUT2D eigenvalue weighted by molar-refractivity contribution is -0.126. The summed E-state index contributed by atoms with van der Waals surface area (Å²) in [6.45, 7) is 6.69. The Kier molecular flexibility index (Phi) is 6.12. The van der Waals surface area contributed by atoms with Gasteiger partial charge in [0.1, 0.15) is 0 Å². The molecule has 2 atom stereocenters. The van der Waals surface area contributed by atoms with Crippen molar-refractivity contribution in [3.63, 3.8) is 0 Å². The third kappa shape index (κ3) is 4.61. The zero-order chi connectivity index (χ0) is 17.8. The molecule has 2 unspecified atom stereocenters. The van der Waals surface area contributed by atoms with Crippen molar-refractivity contribution in [1.29, 1.82) is 0 Å². The Labute approximate surface area is 157 Å². The molecule has 6 heteroatoms. The van der Waals surface area contributed by atoms with Gasteiger partial charge in [0, 0.05) is 30.5 Å². The molecule has 5 nitrogen and oxygen atoms in total. The van der Waals surface area contributed by atoms with Crippen LogP contribution in [-0.4, -0.2) is 49.4 Å². The van der Waals surface area contributed by atoms with Crippen LogP contribution >= 0.6 is 15.9 Å². The second kappa shape index (κ2) is 8.32. The smallest absolute Gasteiger partial charge is 0.227 e. The van der Waals surface area contributed by atoms with Gasteiger partial charge < -0.3 is 15.1 Å². The van der Waals surface area contributed by atoms with Crippen molar-refractivity contribution in [2.24, 2.45) is 11.8 Å². The van der Waals surface area contributed by atoms with E-state index in [0.717, 1.165) is 16.7 Å². The topological polar surface area (TPSA) is 52.7 Å². The Morgan fingerprint density at radius 3 is 2.76 bits per heavy atom. The first-order chi connectivity index (χ1) is 12.0. The van der Waals surface area contributed by atoms with Crippen molar-refractivity contribution in [2.45, 2.75) is 26.2 Å². The second-order valence-corrected chi connectivity index (χ2v) is 8.07. The first-order valence-corrected chi connectivity index (χ1v) is 9.89. The lowest BCUT2D eigenvalue weighted by Crippen LogP contribution is -2.38. The van der Waals surface area contributed by atoms with Crippen LogP contribution in [0, 0.1) is 11.8 Å². The molecule has 2 fully saturated rings. The molecule has 1 N–H and O–H groups in total. The summed E-state index contributed by atoms with van der Waals surface area (Å²) in [7, 11) is 0. The molecule has 0 saturated carbocycles. The minimum atomic E-state index is -0.265. The Bertz CT molecular complexity index is 631. The molecule has 0 aromatic heterocycles. The number of hydrogen-bond donors (Lipinski definition) is 1. The van der Waals surface area contributed by atoms with Crippen LogP contribution in [0.4, 0.5) is 5.69 Å². The number of amides is 2. The average molecular weight is 408 g/mol. The molecule has 3 rings (SSSR count). The molecular weight excluding hydrogens is 382 g/mol. The minimum Gasteiger partial charge on any atom is -0.355 e. The fraction of sp³-hybridized carbons (Fsp3) is 0.579. The summed E-state index contributed by atoms with van der Waals surface area (Å²) in [5.74, 6) is 0.172. The van der Waals surface area contributed by atoms with Crippen LogP contribution in [0.3, 0.4) is 0 Å². The number of benzene rings is 1. The maximum Gasteiger partial charge on any atom is 0.227 e. The van der Waals surface area contributed by atoms with Crippen LogP contribution in [0.5, 0.6) is 0 Å². The molecule has 2 saturated heterocycles. The fourth-order valence-corrected chi connectivity index (χ4v) is 4.18. The second-order valence-electron chi connectivity index (χ2n) is 7.21. The van der Waals surface area contributed by atoms with Gasteiger partial charge in [-0.3, -0.25) is 9.59 Å². The van der Waals surface area contributed by atoms with Crippen LogP contribution in [-0.2, 0) is 9.59 Å². The number of hydrogen-bond acceptors (Lipinski definition) is 3. The third-order valence-corrected chi connectivity index (χ3v) is 5.70. The van der Waals surface area contributed by atoms with E-state index in [1.54, 1.807) is 4.90 Å². The number of rotatable bonds is 6. The van der Waals surface area contributed by atoms with E-state index in [0.29, 0.717) is 19.0 Å². The molecule has 1 aromatic carbocycles. The Morgan fingerprint density at radius 2 is 2.04 bits per heavy atom. The number of carbonyl (C=O) groups is 2. The molecule has 2 heterocycles. The SMILES string of the molecule is CC(CNC(=O)C1CC(=O)N(c2ccccc2Br)C1)CN1CCCC1. The Balaban J connectivity index is 1.50. The third-order valence-electron chi connectivity index (χ3n) is 5.03. The van der Waals surface area contributed by atoms with E-state index in [1.807, 2.05) is 24.3 Å². The highest BCUT2D eigenvalue weighted by Crippen LogP contribution is 2.31. The van der Waals surface area contributed by atoms with E-state index in [-0.39, 0.29) is 24.2 Å². The summed E-state index contributed by atoms with van der Waals surface area (Å²) < 4.78 is 0.878. The largest absolute Gasteiger partial charge is 0.355 e. The minimum absolute atomic E-state index is 0.00354. The van der Waals surface area contributed by atoms with Crippen LogP contribution in [0.15, 0.2) is 28.7 Å². The number of halogens is 1. The number of nitrogens with one attached hydrogen (secondary N) is 1. The molecule has 0 radical (unpaired) electrons. The van der Waals surface area contributed by atoms with E-state index >= 15 is 0 Å². The van der Waals surface area contributed by atoms with Crippen molar-refractivity contribution >= 4 is 33.4 Å². The van der Waals surface area contributed by atoms with Crippen LogP contribution in [0.25, 0.3) is 0 Å². The summed E-state index contributed by atoms with van der Waals surface area (Å²) in [5.41, 5.74) is 0.838. The highest BCUT2D eigenvalue weighted by Gasteiger charge is 2.35. The normalized spacial score (nSPS) is 22.4. The molecule has 0 bridgehead atoms. The monoisotopic (exact) mass is 407 g/mol. The van der Waals surface area contributed by atoms with Crippen molar-refractivity contribution in [2.75, 3.05) is 37.6 Å². The first-order valence-electron chi connectivity index (χ1n) is 9.09. The van der Waals surface area contributed by atoms with E-state index in [1.165, 1.54) is 25.9 Å². The number of likely N-dealkylation sites (tertiary alicyclic amines) is 1. The first kappa shape index (κ1) is 18.4. The Morgan fingerprint density at radius 1 is 1.32 bits per heavy atom. The summed E-state index contributed by atoms with van der Waals surface area (Å²) in [5, 5.41) is 3.05. The summed E-state index contributed by atoms with van der Waals surface area (Å²) in [6, 6.07) is 7.64. The zero-order valence-electron chi connectivity index (χ0n) is 14.7. The van der Waals surface area contributed by atoms with Gasteiger partial charge in [-0.25, -0.2) is 0 Å². The van der Waals surface area contributed by atoms with Crippen LogP contribution in [0.2, 0.25) is 0 Å². The van der Waals surface area contributed by atoms with E-state index in [4.69, 9.17) is 0 Å². The highest BCUT2D eigenvalue weighted by molar-refractivity contribution is 9.10. The van der Waals surface area contributed by atoms with Gasteiger partial charge in [-0.1, -0.05) is 19.1 Å². The predicted molar refractivity (Wildman–Crippen MR) is 102 cm³/mol. The fourth-order valence-electron chi connectivity index (χ4n) is 3.68. The zero-order valence-corrected chi connectivity index (χ0v) is 16.3. The van der Waals surface area contributed by atoms with Gasteiger partial charge in [0.05, 0.1) is 11.6 Å². The Hall–Kier alpha value is -1.40. The van der Waals surface area contributed by atoms with E-state index in [9.17, 15) is 9.59 Å². The van der Waals surface area contributed by atoms with Gasteiger partial charge in [-0.05, 0) is 59.9 Å². The number of anilines is 1. The van der Waals surface area contributed by atoms with E-state index in [2.05, 4.69) is 33.1 Å².